The van der Waals surface area contributed by atoms with Crippen molar-refractivity contribution in [3.05, 3.63) is 34.9 Å². The number of hydrogen-bond donors (Lipinski definition) is 0. The number of halogens is 3. The van der Waals surface area contributed by atoms with Crippen LogP contribution in [0.3, 0.4) is 0 Å². The fourth-order valence-corrected chi connectivity index (χ4v) is 1.48. The molecule has 0 nitrogen and oxygen atoms in total. The molecule has 0 fully saturated rings. The van der Waals surface area contributed by atoms with Crippen LogP contribution in [0.4, 0.5) is 13.2 Å². The van der Waals surface area contributed by atoms with Gasteiger partial charge in [-0.1, -0.05) is 19.9 Å². The Bertz CT molecular complexity index is 313. The summed E-state index contributed by atoms with van der Waals surface area (Å²) in [6.45, 7) is 3.82. The number of aryl methyl sites for hydroxylation is 2. The molecule has 0 unspecified atom stereocenters. The molecule has 14 heavy (non-hydrogen) atoms. The van der Waals surface area contributed by atoms with Gasteiger partial charge >= 0.3 is 6.18 Å². The van der Waals surface area contributed by atoms with Gasteiger partial charge in [0.15, 0.2) is 0 Å². The highest BCUT2D eigenvalue weighted by Crippen LogP contribution is 2.30. The van der Waals surface area contributed by atoms with Crippen LogP contribution < -0.4 is 0 Å². The van der Waals surface area contributed by atoms with Crippen LogP contribution in [0.15, 0.2) is 18.2 Å². The maximum atomic E-state index is 12.3. The van der Waals surface area contributed by atoms with E-state index in [0.717, 1.165) is 23.6 Å². The van der Waals surface area contributed by atoms with Gasteiger partial charge in [-0.3, -0.25) is 0 Å². The van der Waals surface area contributed by atoms with Gasteiger partial charge in [-0.25, -0.2) is 0 Å². The summed E-state index contributed by atoms with van der Waals surface area (Å²) in [5.41, 5.74) is 1.24. The second kappa shape index (κ2) is 4.03. The zero-order valence-electron chi connectivity index (χ0n) is 8.28. The predicted molar refractivity (Wildman–Crippen MR) is 50.2 cm³/mol. The molecule has 0 amide bonds. The summed E-state index contributed by atoms with van der Waals surface area (Å²) >= 11 is 0. The van der Waals surface area contributed by atoms with E-state index in [2.05, 4.69) is 0 Å². The van der Waals surface area contributed by atoms with Crippen LogP contribution in [0.1, 0.15) is 30.5 Å². The number of alkyl halides is 3. The molecule has 0 aliphatic rings. The Kier molecular flexibility index (Phi) is 3.19. The molecule has 1 aromatic rings. The Morgan fingerprint density at radius 3 is 2.00 bits per heavy atom. The van der Waals surface area contributed by atoms with Crippen molar-refractivity contribution in [3.63, 3.8) is 0 Å². The molecule has 1 aromatic carbocycles. The second-order valence-corrected chi connectivity index (χ2v) is 3.19. The summed E-state index contributed by atoms with van der Waals surface area (Å²) in [6, 6.07) is 3.97. The standard InChI is InChI=1S/C11H13F3/c1-3-8-5-6-10(11(12,13)14)7-9(8)4-2/h5-7H,3-4H2,1-2H3. The quantitative estimate of drug-likeness (QED) is 0.683. The van der Waals surface area contributed by atoms with Gasteiger partial charge in [0, 0.05) is 0 Å². The predicted octanol–water partition coefficient (Wildman–Crippen LogP) is 3.83. The third kappa shape index (κ3) is 2.28. The summed E-state index contributed by atoms with van der Waals surface area (Å²) < 4.78 is 37.0. The third-order valence-electron chi connectivity index (χ3n) is 2.30. The first kappa shape index (κ1) is 11.1. The van der Waals surface area contributed by atoms with Crippen LogP contribution in [-0.4, -0.2) is 0 Å². The summed E-state index contributed by atoms with van der Waals surface area (Å²) in [5.74, 6) is 0. The van der Waals surface area contributed by atoms with Crippen molar-refractivity contribution in [1.29, 1.82) is 0 Å². The zero-order valence-corrected chi connectivity index (χ0v) is 8.28. The van der Waals surface area contributed by atoms with E-state index < -0.39 is 11.7 Å². The summed E-state index contributed by atoms with van der Waals surface area (Å²) in [5, 5.41) is 0. The number of hydrogen-bond acceptors (Lipinski definition) is 0. The minimum atomic E-state index is -4.23. The molecule has 3 heteroatoms. The minimum Gasteiger partial charge on any atom is -0.166 e. The smallest absolute Gasteiger partial charge is 0.166 e. The van der Waals surface area contributed by atoms with Crippen LogP contribution in [-0.2, 0) is 19.0 Å². The largest absolute Gasteiger partial charge is 0.416 e. The monoisotopic (exact) mass is 202 g/mol. The van der Waals surface area contributed by atoms with Crippen LogP contribution in [0.25, 0.3) is 0 Å². The van der Waals surface area contributed by atoms with E-state index in [0.29, 0.717) is 6.42 Å². The van der Waals surface area contributed by atoms with E-state index in [9.17, 15) is 13.2 Å². The Balaban J connectivity index is 3.14. The lowest BCUT2D eigenvalue weighted by Gasteiger charge is -2.11. The highest BCUT2D eigenvalue weighted by atomic mass is 19.4. The summed E-state index contributed by atoms with van der Waals surface area (Å²) in [7, 11) is 0. The molecule has 0 aliphatic carbocycles. The molecule has 78 valence electrons. The third-order valence-corrected chi connectivity index (χ3v) is 2.30. The summed E-state index contributed by atoms with van der Waals surface area (Å²) in [6.07, 6.45) is -2.80. The Hall–Kier alpha value is -0.990. The SMILES string of the molecule is CCc1ccc(C(F)(F)F)cc1CC. The fraction of sp³-hybridized carbons (Fsp3) is 0.455. The Morgan fingerprint density at radius 1 is 1.00 bits per heavy atom. The topological polar surface area (TPSA) is 0 Å². The maximum absolute atomic E-state index is 12.3. The molecule has 0 saturated carbocycles. The lowest BCUT2D eigenvalue weighted by molar-refractivity contribution is -0.137. The van der Waals surface area contributed by atoms with E-state index in [4.69, 9.17) is 0 Å². The van der Waals surface area contributed by atoms with Crippen molar-refractivity contribution in [2.24, 2.45) is 0 Å². The van der Waals surface area contributed by atoms with Gasteiger partial charge < -0.3 is 0 Å². The first-order valence-electron chi connectivity index (χ1n) is 4.68. The van der Waals surface area contributed by atoms with Gasteiger partial charge in [0.1, 0.15) is 0 Å². The van der Waals surface area contributed by atoms with Gasteiger partial charge in [-0.2, -0.15) is 13.2 Å². The van der Waals surface area contributed by atoms with Crippen molar-refractivity contribution in [2.45, 2.75) is 32.9 Å². The lowest BCUT2D eigenvalue weighted by atomic mass is 10.00. The molecule has 0 aromatic heterocycles. The first-order chi connectivity index (χ1) is 6.49. The second-order valence-electron chi connectivity index (χ2n) is 3.19. The van der Waals surface area contributed by atoms with Crippen molar-refractivity contribution in [2.75, 3.05) is 0 Å². The van der Waals surface area contributed by atoms with Gasteiger partial charge in [0.05, 0.1) is 5.56 Å². The molecule has 0 heterocycles. The molecule has 0 N–H and O–H groups in total. The van der Waals surface area contributed by atoms with E-state index in [1.54, 1.807) is 6.07 Å². The van der Waals surface area contributed by atoms with Crippen LogP contribution in [0, 0.1) is 0 Å². The molecule has 1 rings (SSSR count). The Morgan fingerprint density at radius 2 is 1.57 bits per heavy atom. The molecular formula is C11H13F3. The average Bonchev–Trinajstić information content (AvgIpc) is 2.15. The van der Waals surface area contributed by atoms with Crippen molar-refractivity contribution < 1.29 is 13.2 Å². The molecule has 0 atom stereocenters. The van der Waals surface area contributed by atoms with Gasteiger partial charge in [0.25, 0.3) is 0 Å². The lowest BCUT2D eigenvalue weighted by Crippen LogP contribution is -2.06. The van der Waals surface area contributed by atoms with Gasteiger partial charge in [-0.05, 0) is 36.1 Å². The van der Waals surface area contributed by atoms with E-state index in [-0.39, 0.29) is 0 Å². The van der Waals surface area contributed by atoms with Gasteiger partial charge in [0.2, 0.25) is 0 Å². The average molecular weight is 202 g/mol. The molecule has 0 bridgehead atoms. The first-order valence-corrected chi connectivity index (χ1v) is 4.68. The van der Waals surface area contributed by atoms with Crippen LogP contribution in [0.5, 0.6) is 0 Å². The van der Waals surface area contributed by atoms with E-state index >= 15 is 0 Å². The van der Waals surface area contributed by atoms with E-state index in [1.165, 1.54) is 6.07 Å². The fourth-order valence-electron chi connectivity index (χ4n) is 1.48. The molecule has 0 saturated heterocycles. The number of benzene rings is 1. The molecule has 0 spiro atoms. The maximum Gasteiger partial charge on any atom is 0.416 e. The normalized spacial score (nSPS) is 11.8. The van der Waals surface area contributed by atoms with Crippen LogP contribution in [0.2, 0.25) is 0 Å². The zero-order chi connectivity index (χ0) is 10.8. The van der Waals surface area contributed by atoms with Gasteiger partial charge in [-0.15, -0.1) is 0 Å². The van der Waals surface area contributed by atoms with Crippen LogP contribution >= 0.6 is 0 Å². The highest BCUT2D eigenvalue weighted by Gasteiger charge is 2.30. The highest BCUT2D eigenvalue weighted by molar-refractivity contribution is 5.33. The van der Waals surface area contributed by atoms with Crippen molar-refractivity contribution in [1.82, 2.24) is 0 Å². The van der Waals surface area contributed by atoms with Crippen molar-refractivity contribution in [3.8, 4) is 0 Å². The van der Waals surface area contributed by atoms with Crippen molar-refractivity contribution >= 4 is 0 Å². The van der Waals surface area contributed by atoms with E-state index in [1.807, 2.05) is 13.8 Å². The molecule has 0 aliphatic heterocycles. The Labute approximate surface area is 81.8 Å². The molecule has 0 radical (unpaired) electrons. The number of rotatable bonds is 2. The minimum absolute atomic E-state index is 0.549. The molecular weight excluding hydrogens is 189 g/mol. The summed E-state index contributed by atoms with van der Waals surface area (Å²) in [4.78, 5) is 0.